The molecule has 1 aromatic rings. The third-order valence-corrected chi connectivity index (χ3v) is 1.78. The number of benzene rings is 1. The molecule has 0 atom stereocenters. The van der Waals surface area contributed by atoms with Gasteiger partial charge in [-0.15, -0.1) is 0 Å². The minimum absolute atomic E-state index is 0.119. The second kappa shape index (κ2) is 5.80. The predicted octanol–water partition coefficient (Wildman–Crippen LogP) is 3.72. The third kappa shape index (κ3) is 4.78. The number of hydrogen-bond donors (Lipinski definition) is 1. The summed E-state index contributed by atoms with van der Waals surface area (Å²) in [6.45, 7) is 0. The lowest BCUT2D eigenvalue weighted by molar-refractivity contribution is -0.120. The molecular formula is C10H6F6N2O2. The molecule has 0 fully saturated rings. The predicted molar refractivity (Wildman–Crippen MR) is 56.1 cm³/mol. The number of carbonyl (C=O) groups is 1. The van der Waals surface area contributed by atoms with Crippen LogP contribution in [0.15, 0.2) is 35.5 Å². The van der Waals surface area contributed by atoms with Crippen molar-refractivity contribution < 1.29 is 36.0 Å². The van der Waals surface area contributed by atoms with E-state index in [2.05, 4.69) is 4.84 Å². The molecule has 1 N–H and O–H groups in total. The van der Waals surface area contributed by atoms with Crippen LogP contribution in [0.4, 0.5) is 36.8 Å². The van der Waals surface area contributed by atoms with Gasteiger partial charge in [-0.3, -0.25) is 10.2 Å². The first-order chi connectivity index (χ1) is 9.10. The lowest BCUT2D eigenvalue weighted by Crippen LogP contribution is -2.37. The Labute approximate surface area is 108 Å². The average Bonchev–Trinajstić information content (AvgIpc) is 2.26. The number of nitrogens with zero attached hydrogens (tertiary/aromatic N) is 1. The number of amides is 1. The molecule has 0 aliphatic rings. The number of anilines is 1. The molecule has 20 heavy (non-hydrogen) atoms. The van der Waals surface area contributed by atoms with Crippen LogP contribution in [-0.4, -0.2) is 24.2 Å². The zero-order valence-corrected chi connectivity index (χ0v) is 9.42. The van der Waals surface area contributed by atoms with Gasteiger partial charge in [0.15, 0.2) is 0 Å². The van der Waals surface area contributed by atoms with Gasteiger partial charge in [0.05, 0.1) is 0 Å². The van der Waals surface area contributed by atoms with E-state index in [9.17, 15) is 31.1 Å². The van der Waals surface area contributed by atoms with E-state index in [0.29, 0.717) is 0 Å². The summed E-state index contributed by atoms with van der Waals surface area (Å²) in [6.07, 6.45) is -13.2. The topological polar surface area (TPSA) is 50.7 Å². The molecular weight excluding hydrogens is 294 g/mol. The number of rotatable bonds is 2. The van der Waals surface area contributed by atoms with Crippen LogP contribution in [0.3, 0.4) is 0 Å². The van der Waals surface area contributed by atoms with Crippen molar-refractivity contribution in [2.75, 3.05) is 5.32 Å². The Morgan fingerprint density at radius 2 is 1.50 bits per heavy atom. The fourth-order valence-corrected chi connectivity index (χ4v) is 1.01. The Bertz CT molecular complexity index is 479. The number of hydrogen-bond acceptors (Lipinski definition) is 3. The highest BCUT2D eigenvalue weighted by Gasteiger charge is 2.54. The monoisotopic (exact) mass is 300 g/mol. The summed E-state index contributed by atoms with van der Waals surface area (Å²) in [5.41, 5.74) is -3.04. The van der Waals surface area contributed by atoms with E-state index < -0.39 is 24.2 Å². The summed E-state index contributed by atoms with van der Waals surface area (Å²) in [5.74, 6) is 0. The molecule has 0 aromatic heterocycles. The SMILES string of the molecule is O=C(Nc1ccccc1)ON=C(C(F)(F)F)C(F)(F)F. The molecule has 0 heterocycles. The molecule has 0 unspecified atom stereocenters. The van der Waals surface area contributed by atoms with Crippen molar-refractivity contribution in [1.29, 1.82) is 0 Å². The summed E-state index contributed by atoms with van der Waals surface area (Å²) in [6, 6.07) is 7.24. The van der Waals surface area contributed by atoms with Crippen molar-refractivity contribution in [2.45, 2.75) is 12.4 Å². The molecule has 0 aliphatic carbocycles. The van der Waals surface area contributed by atoms with Gasteiger partial charge in [-0.25, -0.2) is 4.79 Å². The lowest BCUT2D eigenvalue weighted by atomic mass is 10.3. The van der Waals surface area contributed by atoms with E-state index in [4.69, 9.17) is 0 Å². The molecule has 1 amide bonds. The Kier molecular flexibility index (Phi) is 4.58. The van der Waals surface area contributed by atoms with Crippen LogP contribution in [0.2, 0.25) is 0 Å². The van der Waals surface area contributed by atoms with Crippen LogP contribution < -0.4 is 5.32 Å². The highest BCUT2D eigenvalue weighted by molar-refractivity contribution is 5.95. The maximum absolute atomic E-state index is 12.0. The van der Waals surface area contributed by atoms with Gasteiger partial charge in [0.1, 0.15) is 0 Å². The van der Waals surface area contributed by atoms with E-state index in [1.54, 1.807) is 6.07 Å². The van der Waals surface area contributed by atoms with Gasteiger partial charge in [-0.1, -0.05) is 23.4 Å². The molecule has 10 heteroatoms. The summed E-state index contributed by atoms with van der Waals surface area (Å²) < 4.78 is 72.2. The van der Waals surface area contributed by atoms with Crippen molar-refractivity contribution in [3.05, 3.63) is 30.3 Å². The fraction of sp³-hybridized carbons (Fsp3) is 0.200. The molecule has 0 bridgehead atoms. The molecule has 0 saturated carbocycles. The number of alkyl halides is 6. The van der Waals surface area contributed by atoms with Gasteiger partial charge in [0.2, 0.25) is 0 Å². The first-order valence-corrected chi connectivity index (χ1v) is 4.86. The van der Waals surface area contributed by atoms with E-state index in [1.807, 2.05) is 10.5 Å². The molecule has 0 radical (unpaired) electrons. The number of oxime groups is 1. The third-order valence-electron chi connectivity index (χ3n) is 1.78. The van der Waals surface area contributed by atoms with Crippen LogP contribution in [0, 0.1) is 0 Å². The van der Waals surface area contributed by atoms with Crippen molar-refractivity contribution in [3.8, 4) is 0 Å². The average molecular weight is 300 g/mol. The minimum Gasteiger partial charge on any atom is -0.297 e. The molecule has 0 spiro atoms. The molecule has 1 aromatic carbocycles. The number of halogens is 6. The summed E-state index contributed by atoms with van der Waals surface area (Å²) in [7, 11) is 0. The first-order valence-electron chi connectivity index (χ1n) is 4.86. The van der Waals surface area contributed by atoms with Crippen molar-refractivity contribution in [3.63, 3.8) is 0 Å². The van der Waals surface area contributed by atoms with Gasteiger partial charge in [-0.05, 0) is 12.1 Å². The standard InChI is InChI=1S/C10H6F6N2O2/c11-9(12,13)7(10(14,15)16)18-20-8(19)17-6-4-2-1-3-5-6/h1-5H,(H,17,19). The summed E-state index contributed by atoms with van der Waals surface area (Å²) in [5, 5.41) is 3.71. The second-order valence-electron chi connectivity index (χ2n) is 3.31. The first kappa shape index (κ1) is 15.8. The Hall–Kier alpha value is -2.26. The maximum Gasteiger partial charge on any atom is 0.441 e. The second-order valence-corrected chi connectivity index (χ2v) is 3.31. The van der Waals surface area contributed by atoms with Crippen LogP contribution in [0.5, 0.6) is 0 Å². The largest absolute Gasteiger partial charge is 0.441 e. The molecule has 110 valence electrons. The zero-order chi connectivity index (χ0) is 15.4. The Morgan fingerprint density at radius 3 is 1.95 bits per heavy atom. The molecule has 0 saturated heterocycles. The van der Waals surface area contributed by atoms with Gasteiger partial charge < -0.3 is 0 Å². The highest BCUT2D eigenvalue weighted by Crippen LogP contribution is 2.30. The Balaban J connectivity index is 2.76. The highest BCUT2D eigenvalue weighted by atomic mass is 19.4. The van der Waals surface area contributed by atoms with Crippen molar-refractivity contribution >= 4 is 17.5 Å². The van der Waals surface area contributed by atoms with Gasteiger partial charge >= 0.3 is 18.4 Å². The molecule has 0 aliphatic heterocycles. The summed E-state index contributed by atoms with van der Waals surface area (Å²) >= 11 is 0. The Morgan fingerprint density at radius 1 is 1.00 bits per heavy atom. The van der Waals surface area contributed by atoms with E-state index in [1.165, 1.54) is 24.3 Å². The lowest BCUT2D eigenvalue weighted by Gasteiger charge is -2.12. The van der Waals surface area contributed by atoms with Crippen molar-refractivity contribution in [1.82, 2.24) is 0 Å². The molecule has 4 nitrogen and oxygen atoms in total. The van der Waals surface area contributed by atoms with Crippen molar-refractivity contribution in [2.24, 2.45) is 5.16 Å². The van der Waals surface area contributed by atoms with Gasteiger partial charge in [-0.2, -0.15) is 26.3 Å². The summed E-state index contributed by atoms with van der Waals surface area (Å²) in [4.78, 5) is 14.6. The molecule has 1 rings (SSSR count). The smallest absolute Gasteiger partial charge is 0.297 e. The number of nitrogens with one attached hydrogen (secondary N) is 1. The zero-order valence-electron chi connectivity index (χ0n) is 9.42. The number of carbonyl (C=O) groups excluding carboxylic acids is 1. The minimum atomic E-state index is -5.79. The van der Waals surface area contributed by atoms with Crippen LogP contribution in [-0.2, 0) is 4.84 Å². The fourth-order valence-electron chi connectivity index (χ4n) is 1.01. The van der Waals surface area contributed by atoms with E-state index in [-0.39, 0.29) is 5.69 Å². The quantitative estimate of drug-likeness (QED) is 0.392. The van der Waals surface area contributed by atoms with Gasteiger partial charge in [0, 0.05) is 5.69 Å². The van der Waals surface area contributed by atoms with Crippen LogP contribution in [0.1, 0.15) is 0 Å². The normalized spacial score (nSPS) is 11.7. The maximum atomic E-state index is 12.0. The van der Waals surface area contributed by atoms with E-state index >= 15 is 0 Å². The van der Waals surface area contributed by atoms with Gasteiger partial charge in [0.25, 0.3) is 5.71 Å². The van der Waals surface area contributed by atoms with E-state index in [0.717, 1.165) is 0 Å². The van der Waals surface area contributed by atoms with Crippen LogP contribution in [0.25, 0.3) is 0 Å². The van der Waals surface area contributed by atoms with Crippen LogP contribution >= 0.6 is 0 Å². The number of para-hydroxylation sites is 1.